The van der Waals surface area contributed by atoms with Crippen LogP contribution in [0.5, 0.6) is 0 Å². The quantitative estimate of drug-likeness (QED) is 0.557. The van der Waals surface area contributed by atoms with Gasteiger partial charge in [0.15, 0.2) is 7.51 Å². The molecule has 0 aliphatic heterocycles. The average Bonchev–Trinajstić information content (AvgIpc) is 2.03. The molecule has 5 nitrogen and oxygen atoms in total. The van der Waals surface area contributed by atoms with Gasteiger partial charge in [0, 0.05) is 6.54 Å². The third-order valence-corrected chi connectivity index (χ3v) is 5.60. The molecule has 0 aromatic rings. The van der Waals surface area contributed by atoms with Crippen molar-refractivity contribution in [3.05, 3.63) is 0 Å². The first kappa shape index (κ1) is 14.1. The fraction of sp³-hybridized carbons (Fsp3) is 1.00. The smallest absolute Gasteiger partial charge is 0.183 e. The Hall–Kier alpha value is 0.0700. The van der Waals surface area contributed by atoms with Crippen molar-refractivity contribution in [3.63, 3.8) is 0 Å². The second-order valence-electron chi connectivity index (χ2n) is 3.69. The van der Waals surface area contributed by atoms with Crippen LogP contribution in [0.1, 0.15) is 6.92 Å². The van der Waals surface area contributed by atoms with E-state index in [1.807, 2.05) is 0 Å². The lowest BCUT2D eigenvalue weighted by atomic mass is 10.8. The van der Waals surface area contributed by atoms with E-state index in [0.29, 0.717) is 0 Å². The summed E-state index contributed by atoms with van der Waals surface area (Å²) in [7, 11) is 10.7. The van der Waals surface area contributed by atoms with E-state index in [2.05, 4.69) is 73.5 Å². The zero-order valence-corrected chi connectivity index (χ0v) is 11.3. The molecule has 0 heterocycles. The Balaban J connectivity index is 5.16. The van der Waals surface area contributed by atoms with Gasteiger partial charge in [-0.2, -0.15) is 4.85 Å². The molecule has 0 fully saturated rings. The van der Waals surface area contributed by atoms with Gasteiger partial charge in [-0.1, -0.05) is 6.92 Å². The van der Waals surface area contributed by atoms with Crippen molar-refractivity contribution in [1.29, 1.82) is 0 Å². The van der Waals surface area contributed by atoms with Crippen LogP contribution in [-0.2, 0) is 0 Å². The largest absolute Gasteiger partial charge is 0.251 e. The predicted octanol–water partition coefficient (Wildman–Crippen LogP) is 1.14. The van der Waals surface area contributed by atoms with Crippen LogP contribution in [0.25, 0.3) is 0 Å². The maximum absolute atomic E-state index is 4.61. The molecule has 0 atom stereocenters. The molecule has 0 aliphatic rings. The topological polar surface area (TPSA) is 34.1 Å². The summed E-state index contributed by atoms with van der Waals surface area (Å²) in [5.74, 6) is 0. The van der Waals surface area contributed by atoms with E-state index in [1.54, 1.807) is 0 Å². The normalized spacial score (nSPS) is 13.0. The number of hydrogen-bond acceptors (Lipinski definition) is 1. The molecule has 0 aromatic carbocycles. The van der Waals surface area contributed by atoms with Crippen molar-refractivity contribution in [2.45, 2.75) is 6.92 Å². The van der Waals surface area contributed by atoms with Gasteiger partial charge in [-0.05, 0) is 42.3 Å². The van der Waals surface area contributed by atoms with Gasteiger partial charge in [0.25, 0.3) is 0 Å². The zero-order valence-electron chi connectivity index (χ0n) is 10.4. The highest BCUT2D eigenvalue weighted by Crippen LogP contribution is 2.53. The van der Waals surface area contributed by atoms with Crippen LogP contribution in [-0.4, -0.2) is 62.8 Å². The summed E-state index contributed by atoms with van der Waals surface area (Å²) < 4.78 is 6.53. The number of nitrogens with zero attached hydrogens (tertiary/aromatic N) is 4. The molecule has 0 radical (unpaired) electrons. The number of rotatable bonds is 5. The molecular weight excluding hydrogens is 197 g/mol. The average molecular weight is 221 g/mol. The molecule has 0 saturated heterocycles. The molecule has 0 aromatic heterocycles. The summed E-state index contributed by atoms with van der Waals surface area (Å²) in [6.45, 7) is 2.91. The Labute approximate surface area is 88.3 Å². The third-order valence-electron chi connectivity index (χ3n) is 1.97. The first-order valence-corrected chi connectivity index (χ1v) is 6.37. The van der Waals surface area contributed by atoms with Crippen molar-refractivity contribution in [3.8, 4) is 0 Å². The van der Waals surface area contributed by atoms with E-state index in [-0.39, 0.29) is 0 Å². The Morgan fingerprint density at radius 1 is 0.929 bits per heavy atom. The van der Waals surface area contributed by atoms with Crippen LogP contribution in [0, 0.1) is 0 Å². The highest BCUT2D eigenvalue weighted by molar-refractivity contribution is 7.58. The minimum absolute atomic E-state index is 0.858. The Morgan fingerprint density at radius 2 is 1.29 bits per heavy atom. The van der Waals surface area contributed by atoms with Crippen LogP contribution in [0.4, 0.5) is 0 Å². The Kier molecular flexibility index (Phi) is 5.86. The van der Waals surface area contributed by atoms with E-state index >= 15 is 0 Å². The molecule has 0 bridgehead atoms. The number of nitrogens with one attached hydrogen (secondary N) is 1. The van der Waals surface area contributed by atoms with Crippen LogP contribution >= 0.6 is 7.51 Å². The molecule has 0 saturated carbocycles. The van der Waals surface area contributed by atoms with Crippen molar-refractivity contribution in [2.24, 2.45) is 4.85 Å². The summed E-state index contributed by atoms with van der Waals surface area (Å²) in [5, 5.41) is 0. The SMILES string of the molecule is CCNN=P(N(C)C)(N(C)C)N(C)C. The summed E-state index contributed by atoms with van der Waals surface area (Å²) in [6.07, 6.45) is 0. The van der Waals surface area contributed by atoms with Crippen molar-refractivity contribution < 1.29 is 0 Å². The Bertz CT molecular complexity index is 183. The van der Waals surface area contributed by atoms with Gasteiger partial charge >= 0.3 is 0 Å². The molecule has 6 heteroatoms. The summed E-state index contributed by atoms with van der Waals surface area (Å²) in [6, 6.07) is 0. The maximum atomic E-state index is 4.61. The lowest BCUT2D eigenvalue weighted by Crippen LogP contribution is -2.32. The van der Waals surface area contributed by atoms with Crippen molar-refractivity contribution in [1.82, 2.24) is 19.4 Å². The van der Waals surface area contributed by atoms with Crippen molar-refractivity contribution >= 4 is 7.51 Å². The third kappa shape index (κ3) is 2.78. The van der Waals surface area contributed by atoms with E-state index in [4.69, 9.17) is 0 Å². The lowest BCUT2D eigenvalue weighted by Gasteiger charge is -2.40. The molecule has 86 valence electrons. The molecule has 0 amide bonds. The van der Waals surface area contributed by atoms with E-state index in [1.165, 1.54) is 0 Å². The van der Waals surface area contributed by atoms with Crippen molar-refractivity contribution in [2.75, 3.05) is 48.8 Å². The van der Waals surface area contributed by atoms with Crippen LogP contribution in [0.3, 0.4) is 0 Å². The number of hydrogen-bond donors (Lipinski definition) is 1. The second-order valence-corrected chi connectivity index (χ2v) is 7.36. The highest BCUT2D eigenvalue weighted by Gasteiger charge is 2.28. The second kappa shape index (κ2) is 5.83. The summed E-state index contributed by atoms with van der Waals surface area (Å²) >= 11 is 0. The van der Waals surface area contributed by atoms with Crippen LogP contribution in [0.2, 0.25) is 0 Å². The van der Waals surface area contributed by atoms with E-state index in [0.717, 1.165) is 6.54 Å². The van der Waals surface area contributed by atoms with Gasteiger partial charge in [0.05, 0.1) is 0 Å². The predicted molar refractivity (Wildman–Crippen MR) is 64.1 cm³/mol. The maximum Gasteiger partial charge on any atom is 0.183 e. The first-order chi connectivity index (χ1) is 6.39. The monoisotopic (exact) mass is 221 g/mol. The first-order valence-electron chi connectivity index (χ1n) is 4.77. The summed E-state index contributed by atoms with van der Waals surface area (Å²) in [5.41, 5.74) is 3.08. The van der Waals surface area contributed by atoms with E-state index in [9.17, 15) is 0 Å². The minimum Gasteiger partial charge on any atom is -0.251 e. The van der Waals surface area contributed by atoms with Gasteiger partial charge in [0.2, 0.25) is 0 Å². The fourth-order valence-electron chi connectivity index (χ4n) is 1.51. The van der Waals surface area contributed by atoms with Gasteiger partial charge in [0.1, 0.15) is 0 Å². The van der Waals surface area contributed by atoms with Crippen LogP contribution < -0.4 is 5.43 Å². The van der Waals surface area contributed by atoms with Gasteiger partial charge in [-0.3, -0.25) is 14.0 Å². The Morgan fingerprint density at radius 3 is 1.50 bits per heavy atom. The van der Waals surface area contributed by atoms with Gasteiger partial charge in [-0.25, -0.2) is 5.43 Å². The van der Waals surface area contributed by atoms with Gasteiger partial charge in [-0.15, -0.1) is 0 Å². The molecular formula is C8H24N5P. The zero-order chi connectivity index (χ0) is 11.4. The van der Waals surface area contributed by atoms with E-state index < -0.39 is 7.51 Å². The van der Waals surface area contributed by atoms with Gasteiger partial charge < -0.3 is 0 Å². The molecule has 1 N–H and O–H groups in total. The minimum atomic E-state index is -1.71. The molecule has 0 aliphatic carbocycles. The highest BCUT2D eigenvalue weighted by atomic mass is 31.2. The lowest BCUT2D eigenvalue weighted by molar-refractivity contribution is 0.466. The molecule has 14 heavy (non-hydrogen) atoms. The molecule has 0 rings (SSSR count). The van der Waals surface area contributed by atoms with Crippen LogP contribution in [0.15, 0.2) is 4.85 Å². The standard InChI is InChI=1S/C8H24N5P/c1-8-9-10-14(11(2)3,12(4)5)13(6)7/h9H,8H2,1-7H3. The molecule has 0 spiro atoms. The molecule has 0 unspecified atom stereocenters. The summed E-state index contributed by atoms with van der Waals surface area (Å²) in [4.78, 5) is 4.61. The fourth-order valence-corrected chi connectivity index (χ4v) is 4.52.